The summed E-state index contributed by atoms with van der Waals surface area (Å²) >= 11 is 0. The highest BCUT2D eigenvalue weighted by Crippen LogP contribution is 2.18. The number of hydrogen-bond donors (Lipinski definition) is 2. The molecule has 0 saturated heterocycles. The van der Waals surface area contributed by atoms with Crippen LogP contribution in [0.3, 0.4) is 0 Å². The molecule has 1 amide bonds. The predicted octanol–water partition coefficient (Wildman–Crippen LogP) is 4.01. The zero-order chi connectivity index (χ0) is 19.1. The van der Waals surface area contributed by atoms with Gasteiger partial charge in [0.05, 0.1) is 7.11 Å². The summed E-state index contributed by atoms with van der Waals surface area (Å²) in [5.74, 6) is 0.343. The molecule has 0 aliphatic carbocycles. The minimum absolute atomic E-state index is 0.0188. The van der Waals surface area contributed by atoms with Crippen LogP contribution in [0.15, 0.2) is 54.2 Å². The fourth-order valence-corrected chi connectivity index (χ4v) is 2.49. The molecule has 2 rings (SSSR count). The number of anilines is 1. The van der Waals surface area contributed by atoms with E-state index in [1.165, 1.54) is 6.20 Å². The van der Waals surface area contributed by atoms with E-state index >= 15 is 0 Å². The first-order valence-electron chi connectivity index (χ1n) is 8.33. The number of benzene rings is 2. The van der Waals surface area contributed by atoms with Gasteiger partial charge in [-0.3, -0.25) is 4.79 Å². The average molecular weight is 349 g/mol. The highest BCUT2D eigenvalue weighted by Gasteiger charge is 2.12. The van der Waals surface area contributed by atoms with Crippen molar-refractivity contribution in [3.63, 3.8) is 0 Å². The second kappa shape index (κ2) is 8.72. The Kier molecular flexibility index (Phi) is 6.40. The van der Waals surface area contributed by atoms with Crippen LogP contribution in [-0.2, 0) is 4.79 Å². The van der Waals surface area contributed by atoms with E-state index in [4.69, 9.17) is 4.74 Å². The Balaban J connectivity index is 2.06. The number of aryl methyl sites for hydroxylation is 2. The Hall–Kier alpha value is -3.26. The molecule has 0 aliphatic rings. The molecule has 2 N–H and O–H groups in total. The van der Waals surface area contributed by atoms with E-state index in [0.29, 0.717) is 5.69 Å². The first-order valence-corrected chi connectivity index (χ1v) is 8.33. The zero-order valence-electron chi connectivity index (χ0n) is 15.5. The van der Waals surface area contributed by atoms with Crippen LogP contribution in [0.4, 0.5) is 5.69 Å². The van der Waals surface area contributed by atoms with Crippen molar-refractivity contribution in [2.45, 2.75) is 26.8 Å². The lowest BCUT2D eigenvalue weighted by molar-refractivity contribution is -0.112. The van der Waals surface area contributed by atoms with Crippen molar-refractivity contribution in [1.82, 2.24) is 5.32 Å². The summed E-state index contributed by atoms with van der Waals surface area (Å²) in [5, 5.41) is 15.2. The second-order valence-corrected chi connectivity index (χ2v) is 6.10. The summed E-state index contributed by atoms with van der Waals surface area (Å²) in [6.45, 7) is 5.86. The summed E-state index contributed by atoms with van der Waals surface area (Å²) in [5.41, 5.74) is 3.81. The van der Waals surface area contributed by atoms with Crippen molar-refractivity contribution in [1.29, 1.82) is 5.26 Å². The molecule has 2 aromatic carbocycles. The maximum Gasteiger partial charge on any atom is 0.267 e. The molecule has 26 heavy (non-hydrogen) atoms. The number of carbonyl (C=O) groups excluding carboxylic acids is 1. The molecule has 0 heterocycles. The molecule has 0 spiro atoms. The smallest absolute Gasteiger partial charge is 0.267 e. The normalized spacial score (nSPS) is 12.0. The van der Waals surface area contributed by atoms with Crippen molar-refractivity contribution in [2.24, 2.45) is 0 Å². The largest absolute Gasteiger partial charge is 0.497 e. The average Bonchev–Trinajstić information content (AvgIpc) is 2.64. The molecule has 0 aliphatic heterocycles. The van der Waals surface area contributed by atoms with Gasteiger partial charge in [0.2, 0.25) is 0 Å². The Morgan fingerprint density at radius 1 is 1.19 bits per heavy atom. The predicted molar refractivity (Wildman–Crippen MR) is 103 cm³/mol. The molecular weight excluding hydrogens is 326 g/mol. The van der Waals surface area contributed by atoms with Crippen LogP contribution in [0.2, 0.25) is 0 Å². The molecule has 0 radical (unpaired) electrons. The topological polar surface area (TPSA) is 74.1 Å². The summed E-state index contributed by atoms with van der Waals surface area (Å²) in [7, 11) is 1.62. The lowest BCUT2D eigenvalue weighted by Gasteiger charge is -2.13. The van der Waals surface area contributed by atoms with Crippen LogP contribution in [0.25, 0.3) is 0 Å². The number of rotatable bonds is 6. The molecule has 2 aromatic rings. The Bertz CT molecular complexity index is 849. The van der Waals surface area contributed by atoms with Crippen molar-refractivity contribution in [2.75, 3.05) is 12.4 Å². The van der Waals surface area contributed by atoms with Gasteiger partial charge in [0.15, 0.2) is 0 Å². The maximum absolute atomic E-state index is 12.4. The van der Waals surface area contributed by atoms with Crippen LogP contribution >= 0.6 is 0 Å². The van der Waals surface area contributed by atoms with Crippen LogP contribution in [-0.4, -0.2) is 13.0 Å². The molecule has 5 nitrogen and oxygen atoms in total. The minimum atomic E-state index is -0.436. The van der Waals surface area contributed by atoms with Crippen molar-refractivity contribution < 1.29 is 9.53 Å². The molecule has 1 unspecified atom stereocenters. The molecule has 0 fully saturated rings. The number of nitriles is 1. The van der Waals surface area contributed by atoms with Crippen LogP contribution in [0.5, 0.6) is 5.75 Å². The fourth-order valence-electron chi connectivity index (χ4n) is 2.49. The first kappa shape index (κ1) is 19.1. The summed E-state index contributed by atoms with van der Waals surface area (Å²) in [6.07, 6.45) is 1.45. The third kappa shape index (κ3) is 4.87. The van der Waals surface area contributed by atoms with Gasteiger partial charge in [0, 0.05) is 17.9 Å². The van der Waals surface area contributed by atoms with E-state index in [1.54, 1.807) is 7.11 Å². The number of hydrogen-bond acceptors (Lipinski definition) is 4. The van der Waals surface area contributed by atoms with E-state index < -0.39 is 5.91 Å². The van der Waals surface area contributed by atoms with E-state index in [2.05, 4.69) is 10.6 Å². The second-order valence-electron chi connectivity index (χ2n) is 6.10. The first-order chi connectivity index (χ1) is 12.4. The lowest BCUT2D eigenvalue weighted by atomic mass is 10.1. The third-order valence-corrected chi connectivity index (χ3v) is 4.09. The van der Waals surface area contributed by atoms with Crippen molar-refractivity contribution in [3.05, 3.63) is 70.9 Å². The SMILES string of the molecule is COc1ccc(C(C)N/C=C(/C#N)C(=O)Nc2ccc(C)cc2C)cc1. The van der Waals surface area contributed by atoms with Gasteiger partial charge in [-0.2, -0.15) is 5.26 Å². The fraction of sp³-hybridized carbons (Fsp3) is 0.238. The van der Waals surface area contributed by atoms with Gasteiger partial charge in [-0.05, 0) is 50.1 Å². The van der Waals surface area contributed by atoms with Gasteiger partial charge in [0.1, 0.15) is 17.4 Å². The van der Waals surface area contributed by atoms with Gasteiger partial charge in [-0.25, -0.2) is 0 Å². The summed E-state index contributed by atoms with van der Waals surface area (Å²) in [4.78, 5) is 12.4. The molecule has 0 aromatic heterocycles. The molecule has 1 atom stereocenters. The molecule has 0 saturated carbocycles. The highest BCUT2D eigenvalue weighted by molar-refractivity contribution is 6.06. The number of carbonyl (C=O) groups is 1. The minimum Gasteiger partial charge on any atom is -0.497 e. The van der Waals surface area contributed by atoms with Gasteiger partial charge >= 0.3 is 0 Å². The number of amides is 1. The Labute approximate surface area is 154 Å². The molecule has 134 valence electrons. The number of nitrogens with zero attached hydrogens (tertiary/aromatic N) is 1. The highest BCUT2D eigenvalue weighted by atomic mass is 16.5. The van der Waals surface area contributed by atoms with E-state index in [-0.39, 0.29) is 11.6 Å². The van der Waals surface area contributed by atoms with Crippen LogP contribution in [0.1, 0.15) is 29.7 Å². The quantitative estimate of drug-likeness (QED) is 0.610. The van der Waals surface area contributed by atoms with Gasteiger partial charge in [-0.1, -0.05) is 29.8 Å². The number of ether oxygens (including phenoxy) is 1. The van der Waals surface area contributed by atoms with E-state index in [1.807, 2.05) is 69.3 Å². The van der Waals surface area contributed by atoms with E-state index in [9.17, 15) is 10.1 Å². The van der Waals surface area contributed by atoms with Crippen LogP contribution in [0, 0.1) is 25.2 Å². The standard InChI is InChI=1S/C21H23N3O2/c1-14-5-10-20(15(2)11-14)24-21(25)18(12-22)13-23-16(3)17-6-8-19(26-4)9-7-17/h5-11,13,16,23H,1-4H3,(H,24,25)/b18-13-. The molecule has 0 bridgehead atoms. The zero-order valence-corrected chi connectivity index (χ0v) is 15.5. The monoisotopic (exact) mass is 349 g/mol. The van der Waals surface area contributed by atoms with Gasteiger partial charge < -0.3 is 15.4 Å². The summed E-state index contributed by atoms with van der Waals surface area (Å²) in [6, 6.07) is 15.2. The van der Waals surface area contributed by atoms with Gasteiger partial charge in [-0.15, -0.1) is 0 Å². The molecular formula is C21H23N3O2. The lowest BCUT2D eigenvalue weighted by Crippen LogP contribution is -2.19. The Morgan fingerprint density at radius 3 is 2.46 bits per heavy atom. The van der Waals surface area contributed by atoms with Crippen molar-refractivity contribution in [3.8, 4) is 11.8 Å². The Morgan fingerprint density at radius 2 is 1.88 bits per heavy atom. The van der Waals surface area contributed by atoms with Gasteiger partial charge in [0.25, 0.3) is 5.91 Å². The number of methoxy groups -OCH3 is 1. The number of nitrogens with one attached hydrogen (secondary N) is 2. The molecule has 5 heteroatoms. The van der Waals surface area contributed by atoms with Crippen molar-refractivity contribution >= 4 is 11.6 Å². The summed E-state index contributed by atoms with van der Waals surface area (Å²) < 4.78 is 5.14. The maximum atomic E-state index is 12.4. The van der Waals surface area contributed by atoms with E-state index in [0.717, 1.165) is 22.4 Å². The third-order valence-electron chi connectivity index (χ3n) is 4.09. The van der Waals surface area contributed by atoms with Crippen LogP contribution < -0.4 is 15.4 Å².